The summed E-state index contributed by atoms with van der Waals surface area (Å²) in [5.41, 5.74) is 4.04. The van der Waals surface area contributed by atoms with Crippen molar-refractivity contribution >= 4 is 5.84 Å². The van der Waals surface area contributed by atoms with Crippen LogP contribution in [-0.2, 0) is 6.42 Å². The maximum absolute atomic E-state index is 4.70. The Kier molecular flexibility index (Phi) is 5.85. The SMILES string of the molecule is c1ccc(-c2ccccc2CCN/C2=N/CCCCCC2)cc1. The normalized spacial score (nSPS) is 17.7. The molecule has 120 valence electrons. The fourth-order valence-corrected chi connectivity index (χ4v) is 3.17. The quantitative estimate of drug-likeness (QED) is 0.858. The third-order valence-corrected chi connectivity index (χ3v) is 4.45. The lowest BCUT2D eigenvalue weighted by Gasteiger charge is -2.14. The zero-order chi connectivity index (χ0) is 15.7. The highest BCUT2D eigenvalue weighted by atomic mass is 15.0. The van der Waals surface area contributed by atoms with Gasteiger partial charge in [-0.2, -0.15) is 0 Å². The van der Waals surface area contributed by atoms with Gasteiger partial charge in [0.2, 0.25) is 0 Å². The van der Waals surface area contributed by atoms with E-state index in [1.807, 2.05) is 0 Å². The molecule has 1 aliphatic heterocycles. The van der Waals surface area contributed by atoms with Gasteiger partial charge in [0.15, 0.2) is 0 Å². The van der Waals surface area contributed by atoms with Gasteiger partial charge in [-0.1, -0.05) is 67.4 Å². The highest BCUT2D eigenvalue weighted by molar-refractivity contribution is 5.82. The summed E-state index contributed by atoms with van der Waals surface area (Å²) in [5, 5.41) is 3.57. The fourth-order valence-electron chi connectivity index (χ4n) is 3.17. The van der Waals surface area contributed by atoms with E-state index in [1.54, 1.807) is 0 Å². The van der Waals surface area contributed by atoms with Gasteiger partial charge in [-0.25, -0.2) is 0 Å². The molecule has 0 saturated heterocycles. The number of nitrogens with zero attached hydrogens (tertiary/aromatic N) is 1. The summed E-state index contributed by atoms with van der Waals surface area (Å²) in [4.78, 5) is 4.70. The molecule has 0 fully saturated rings. The second-order valence-electron chi connectivity index (χ2n) is 6.19. The number of hydrogen-bond acceptors (Lipinski definition) is 2. The summed E-state index contributed by atoms with van der Waals surface area (Å²) in [5.74, 6) is 1.21. The van der Waals surface area contributed by atoms with E-state index in [9.17, 15) is 0 Å². The Morgan fingerprint density at radius 2 is 1.61 bits per heavy atom. The monoisotopic (exact) mass is 306 g/mol. The number of amidine groups is 1. The predicted molar refractivity (Wildman–Crippen MR) is 99.0 cm³/mol. The molecule has 0 aromatic heterocycles. The third-order valence-electron chi connectivity index (χ3n) is 4.45. The number of benzene rings is 2. The lowest BCUT2D eigenvalue weighted by molar-refractivity contribution is 0.633. The summed E-state index contributed by atoms with van der Waals surface area (Å²) < 4.78 is 0. The summed E-state index contributed by atoms with van der Waals surface area (Å²) in [6.45, 7) is 1.95. The minimum atomic E-state index is 0.961. The lowest BCUT2D eigenvalue weighted by Crippen LogP contribution is -2.26. The number of hydrogen-bond donors (Lipinski definition) is 1. The second kappa shape index (κ2) is 8.52. The number of aliphatic imine (C=N–C) groups is 1. The Morgan fingerprint density at radius 1 is 0.826 bits per heavy atom. The maximum atomic E-state index is 4.70. The molecule has 1 heterocycles. The second-order valence-corrected chi connectivity index (χ2v) is 6.19. The van der Waals surface area contributed by atoms with E-state index in [1.165, 1.54) is 48.2 Å². The first-order chi connectivity index (χ1) is 11.4. The minimum absolute atomic E-state index is 0.961. The average molecular weight is 306 g/mol. The Hall–Kier alpha value is -2.09. The molecule has 3 rings (SSSR count). The van der Waals surface area contributed by atoms with Crippen LogP contribution < -0.4 is 5.32 Å². The van der Waals surface area contributed by atoms with Gasteiger partial charge in [0.25, 0.3) is 0 Å². The Balaban J connectivity index is 1.62. The smallest absolute Gasteiger partial charge is 0.0963 e. The van der Waals surface area contributed by atoms with Crippen molar-refractivity contribution in [3.8, 4) is 11.1 Å². The average Bonchev–Trinajstić information content (AvgIpc) is 2.58. The fraction of sp³-hybridized carbons (Fsp3) is 0.381. The van der Waals surface area contributed by atoms with Crippen molar-refractivity contribution in [1.82, 2.24) is 5.32 Å². The zero-order valence-electron chi connectivity index (χ0n) is 13.8. The van der Waals surface area contributed by atoms with Crippen molar-refractivity contribution in [2.24, 2.45) is 4.99 Å². The molecule has 0 bridgehead atoms. The molecule has 0 radical (unpaired) electrons. The van der Waals surface area contributed by atoms with Crippen LogP contribution in [0.3, 0.4) is 0 Å². The minimum Gasteiger partial charge on any atom is -0.374 e. The summed E-state index contributed by atoms with van der Waals surface area (Å²) >= 11 is 0. The molecule has 2 aromatic carbocycles. The van der Waals surface area contributed by atoms with Gasteiger partial charge in [0.05, 0.1) is 5.84 Å². The highest BCUT2D eigenvalue weighted by Gasteiger charge is 2.06. The number of rotatable bonds is 4. The van der Waals surface area contributed by atoms with Crippen molar-refractivity contribution in [3.05, 3.63) is 60.2 Å². The van der Waals surface area contributed by atoms with Gasteiger partial charge < -0.3 is 5.32 Å². The molecule has 0 unspecified atom stereocenters. The van der Waals surface area contributed by atoms with Crippen LogP contribution >= 0.6 is 0 Å². The summed E-state index contributed by atoms with van der Waals surface area (Å²) in [7, 11) is 0. The zero-order valence-corrected chi connectivity index (χ0v) is 13.8. The molecule has 0 saturated carbocycles. The third kappa shape index (κ3) is 4.69. The first-order valence-electron chi connectivity index (χ1n) is 8.84. The van der Waals surface area contributed by atoms with Gasteiger partial charge >= 0.3 is 0 Å². The van der Waals surface area contributed by atoms with Crippen LogP contribution in [0.1, 0.15) is 37.7 Å². The summed E-state index contributed by atoms with van der Waals surface area (Å²) in [6, 6.07) is 19.4. The molecule has 1 aliphatic rings. The van der Waals surface area contributed by atoms with E-state index < -0.39 is 0 Å². The topological polar surface area (TPSA) is 24.4 Å². The van der Waals surface area contributed by atoms with Gasteiger partial charge in [0.1, 0.15) is 0 Å². The van der Waals surface area contributed by atoms with Crippen molar-refractivity contribution in [2.75, 3.05) is 13.1 Å². The number of nitrogens with one attached hydrogen (secondary N) is 1. The van der Waals surface area contributed by atoms with Crippen molar-refractivity contribution in [1.29, 1.82) is 0 Å². The predicted octanol–water partition coefficient (Wildman–Crippen LogP) is 4.85. The maximum Gasteiger partial charge on any atom is 0.0963 e. The molecule has 0 atom stereocenters. The van der Waals surface area contributed by atoms with E-state index in [0.717, 1.165) is 25.9 Å². The van der Waals surface area contributed by atoms with Gasteiger partial charge in [-0.3, -0.25) is 4.99 Å². The molecule has 2 heteroatoms. The molecule has 23 heavy (non-hydrogen) atoms. The van der Waals surface area contributed by atoms with Crippen LogP contribution in [0.2, 0.25) is 0 Å². The Labute approximate surface area is 139 Å². The van der Waals surface area contributed by atoms with Crippen LogP contribution in [0.4, 0.5) is 0 Å². The first kappa shape index (κ1) is 15.8. The van der Waals surface area contributed by atoms with Crippen LogP contribution in [0, 0.1) is 0 Å². The summed E-state index contributed by atoms with van der Waals surface area (Å²) in [6.07, 6.45) is 7.33. The molecular formula is C21H26N2. The van der Waals surface area contributed by atoms with Gasteiger partial charge in [-0.15, -0.1) is 0 Å². The lowest BCUT2D eigenvalue weighted by atomic mass is 9.98. The van der Waals surface area contributed by atoms with E-state index in [2.05, 4.69) is 59.9 Å². The molecule has 1 N–H and O–H groups in total. The van der Waals surface area contributed by atoms with Crippen molar-refractivity contribution in [2.45, 2.75) is 38.5 Å². The standard InChI is InChI=1S/C21H26N2/c1-2-9-16-22-21(14-6-1)23-17-15-19-12-7-8-13-20(19)18-10-4-3-5-11-18/h3-5,7-8,10-13H,1-2,6,9,14-17H2,(H,22,23). The first-order valence-corrected chi connectivity index (χ1v) is 8.84. The van der Waals surface area contributed by atoms with Crippen molar-refractivity contribution < 1.29 is 0 Å². The molecule has 0 spiro atoms. The Bertz CT molecular complexity index is 631. The van der Waals surface area contributed by atoms with E-state index in [4.69, 9.17) is 4.99 Å². The molecule has 2 nitrogen and oxygen atoms in total. The van der Waals surface area contributed by atoms with Crippen LogP contribution in [0.25, 0.3) is 11.1 Å². The molecule has 2 aromatic rings. The highest BCUT2D eigenvalue weighted by Crippen LogP contribution is 2.23. The van der Waals surface area contributed by atoms with Gasteiger partial charge in [-0.05, 0) is 36.0 Å². The van der Waals surface area contributed by atoms with Crippen molar-refractivity contribution in [3.63, 3.8) is 0 Å². The Morgan fingerprint density at radius 3 is 2.52 bits per heavy atom. The largest absolute Gasteiger partial charge is 0.374 e. The van der Waals surface area contributed by atoms with E-state index in [-0.39, 0.29) is 0 Å². The molecule has 0 aliphatic carbocycles. The molecule has 0 amide bonds. The van der Waals surface area contributed by atoms with Crippen LogP contribution in [-0.4, -0.2) is 18.9 Å². The van der Waals surface area contributed by atoms with Crippen LogP contribution in [0.15, 0.2) is 59.6 Å². The van der Waals surface area contributed by atoms with E-state index >= 15 is 0 Å². The van der Waals surface area contributed by atoms with Crippen LogP contribution in [0.5, 0.6) is 0 Å². The molecular weight excluding hydrogens is 280 g/mol. The van der Waals surface area contributed by atoms with Gasteiger partial charge in [0, 0.05) is 19.5 Å². The van der Waals surface area contributed by atoms with E-state index in [0.29, 0.717) is 0 Å².